The lowest BCUT2D eigenvalue weighted by atomic mass is 10.2. The van der Waals surface area contributed by atoms with E-state index in [2.05, 4.69) is 12.6 Å². The largest absolute Gasteiger partial charge is 0.324 e. The molecule has 1 rings (SSSR count). The Morgan fingerprint density at radius 3 is 2.71 bits per heavy atom. The second kappa shape index (κ2) is 4.86. The first-order valence-corrected chi connectivity index (χ1v) is 7.70. The Balaban J connectivity index is 2.65. The van der Waals surface area contributed by atoms with Crippen molar-refractivity contribution in [2.45, 2.75) is 4.90 Å². The van der Waals surface area contributed by atoms with E-state index in [-0.39, 0.29) is 0 Å². The molecule has 14 heavy (non-hydrogen) atoms. The number of thiol groups is 1. The van der Waals surface area contributed by atoms with Gasteiger partial charge in [0.15, 0.2) is 0 Å². The molecule has 0 aromatic heterocycles. The fraction of sp³-hybridized carbons (Fsp3) is 0.273. The normalized spacial score (nSPS) is 12.2. The second-order valence-corrected chi connectivity index (χ2v) is 7.78. The zero-order valence-electron chi connectivity index (χ0n) is 8.47. The number of benzene rings is 1. The van der Waals surface area contributed by atoms with Crippen LogP contribution in [-0.2, 0) is 4.57 Å². The van der Waals surface area contributed by atoms with Gasteiger partial charge in [-0.2, -0.15) is 0 Å². The first-order valence-electron chi connectivity index (χ1n) is 4.47. The Labute approximate surface area is 91.0 Å². The third-order valence-electron chi connectivity index (χ3n) is 1.73. The summed E-state index contributed by atoms with van der Waals surface area (Å²) in [5.41, 5.74) is 1.10. The van der Waals surface area contributed by atoms with Gasteiger partial charge in [-0.1, -0.05) is 24.3 Å². The minimum absolute atomic E-state index is 0.657. The maximum absolute atomic E-state index is 11.4. The van der Waals surface area contributed by atoms with E-state index in [9.17, 15) is 4.57 Å². The summed E-state index contributed by atoms with van der Waals surface area (Å²) in [5, 5.41) is 0. The Bertz CT molecular complexity index is 379. The molecule has 0 spiro atoms. The smallest absolute Gasteiger partial charge is 0.0855 e. The van der Waals surface area contributed by atoms with Gasteiger partial charge in [-0.3, -0.25) is 0 Å². The van der Waals surface area contributed by atoms with Crippen LogP contribution >= 0.6 is 19.8 Å². The minimum Gasteiger partial charge on any atom is -0.324 e. The SMILES string of the molecule is CP(C)(=O)C/C=C/c1cccc(S)c1. The average Bonchev–Trinajstić information content (AvgIpc) is 2.01. The lowest BCUT2D eigenvalue weighted by Crippen LogP contribution is -1.80. The van der Waals surface area contributed by atoms with Crippen molar-refractivity contribution in [3.05, 3.63) is 35.9 Å². The molecule has 0 aliphatic rings. The van der Waals surface area contributed by atoms with Crippen LogP contribution in [0.2, 0.25) is 0 Å². The Morgan fingerprint density at radius 1 is 1.43 bits per heavy atom. The molecule has 0 aliphatic carbocycles. The summed E-state index contributed by atoms with van der Waals surface area (Å²) in [7, 11) is -1.92. The van der Waals surface area contributed by atoms with Crippen LogP contribution in [0, 0.1) is 0 Å². The molecule has 0 amide bonds. The highest BCUT2D eigenvalue weighted by molar-refractivity contribution is 7.80. The standard InChI is InChI=1S/C11H15OPS/c1-13(2,12)8-4-6-10-5-3-7-11(14)9-10/h3-7,9,14H,8H2,1-2H3/b6-4+. The van der Waals surface area contributed by atoms with Gasteiger partial charge < -0.3 is 4.57 Å². The summed E-state index contributed by atoms with van der Waals surface area (Å²) in [6, 6.07) is 7.88. The summed E-state index contributed by atoms with van der Waals surface area (Å²) in [4.78, 5) is 0.948. The van der Waals surface area contributed by atoms with Gasteiger partial charge in [0.2, 0.25) is 0 Å². The maximum Gasteiger partial charge on any atom is 0.0855 e. The van der Waals surface area contributed by atoms with Gasteiger partial charge in [0.25, 0.3) is 0 Å². The quantitative estimate of drug-likeness (QED) is 0.615. The van der Waals surface area contributed by atoms with Gasteiger partial charge in [-0.25, -0.2) is 0 Å². The van der Waals surface area contributed by atoms with Crippen molar-refractivity contribution in [2.24, 2.45) is 0 Å². The predicted molar refractivity (Wildman–Crippen MR) is 67.0 cm³/mol. The second-order valence-electron chi connectivity index (χ2n) is 3.75. The number of allylic oxidation sites excluding steroid dienone is 1. The van der Waals surface area contributed by atoms with Crippen LogP contribution in [0.3, 0.4) is 0 Å². The highest BCUT2D eigenvalue weighted by atomic mass is 32.1. The number of rotatable bonds is 3. The molecule has 0 N–H and O–H groups in total. The number of hydrogen-bond acceptors (Lipinski definition) is 2. The highest BCUT2D eigenvalue weighted by Gasteiger charge is 2.02. The molecule has 0 heterocycles. The van der Waals surface area contributed by atoms with Gasteiger partial charge >= 0.3 is 0 Å². The molecule has 0 saturated heterocycles. The van der Waals surface area contributed by atoms with Crippen molar-refractivity contribution in [3.8, 4) is 0 Å². The molecule has 1 aromatic carbocycles. The molecule has 76 valence electrons. The van der Waals surface area contributed by atoms with Crippen molar-refractivity contribution in [1.82, 2.24) is 0 Å². The molecule has 0 atom stereocenters. The van der Waals surface area contributed by atoms with Gasteiger partial charge in [0.05, 0.1) is 7.14 Å². The lowest BCUT2D eigenvalue weighted by Gasteiger charge is -2.00. The van der Waals surface area contributed by atoms with Crippen molar-refractivity contribution in [2.75, 3.05) is 19.5 Å². The van der Waals surface area contributed by atoms with E-state index < -0.39 is 7.14 Å². The number of hydrogen-bond donors (Lipinski definition) is 1. The molecule has 1 aromatic rings. The van der Waals surface area contributed by atoms with E-state index in [1.165, 1.54) is 0 Å². The van der Waals surface area contributed by atoms with Crippen LogP contribution < -0.4 is 0 Å². The van der Waals surface area contributed by atoms with Gasteiger partial charge in [0, 0.05) is 11.1 Å². The Kier molecular flexibility index (Phi) is 4.03. The summed E-state index contributed by atoms with van der Waals surface area (Å²) in [5.74, 6) is 0. The molecule has 1 nitrogen and oxygen atoms in total. The molecule has 0 saturated carbocycles. The molecule has 0 unspecified atom stereocenters. The van der Waals surface area contributed by atoms with Crippen LogP contribution in [0.1, 0.15) is 5.56 Å². The van der Waals surface area contributed by atoms with Crippen molar-refractivity contribution < 1.29 is 4.57 Å². The fourth-order valence-corrected chi connectivity index (χ4v) is 1.92. The third-order valence-corrected chi connectivity index (χ3v) is 3.09. The topological polar surface area (TPSA) is 17.1 Å². The third kappa shape index (κ3) is 4.69. The summed E-state index contributed by atoms with van der Waals surface area (Å²) in [6.45, 7) is 3.60. The first-order chi connectivity index (χ1) is 6.47. The summed E-state index contributed by atoms with van der Waals surface area (Å²) in [6.07, 6.45) is 4.60. The molecule has 0 bridgehead atoms. The fourth-order valence-electron chi connectivity index (χ4n) is 1.07. The maximum atomic E-state index is 11.4. The zero-order valence-corrected chi connectivity index (χ0v) is 10.3. The van der Waals surface area contributed by atoms with Gasteiger partial charge in [0.1, 0.15) is 0 Å². The van der Waals surface area contributed by atoms with Crippen LogP contribution in [0.5, 0.6) is 0 Å². The van der Waals surface area contributed by atoms with Crippen molar-refractivity contribution in [3.63, 3.8) is 0 Å². The van der Waals surface area contributed by atoms with E-state index in [0.717, 1.165) is 10.5 Å². The van der Waals surface area contributed by atoms with E-state index in [1.54, 1.807) is 13.3 Å². The summed E-state index contributed by atoms with van der Waals surface area (Å²) >= 11 is 4.24. The zero-order chi connectivity index (χ0) is 10.6. The van der Waals surface area contributed by atoms with E-state index in [1.807, 2.05) is 36.4 Å². The van der Waals surface area contributed by atoms with Crippen molar-refractivity contribution in [1.29, 1.82) is 0 Å². The molecular formula is C11H15OPS. The Morgan fingerprint density at radius 2 is 2.14 bits per heavy atom. The predicted octanol–water partition coefficient (Wildman–Crippen LogP) is 3.61. The lowest BCUT2D eigenvalue weighted by molar-refractivity contribution is 0.584. The highest BCUT2D eigenvalue weighted by Crippen LogP contribution is 2.35. The van der Waals surface area contributed by atoms with Crippen molar-refractivity contribution >= 4 is 25.8 Å². The van der Waals surface area contributed by atoms with Crippen LogP contribution in [0.4, 0.5) is 0 Å². The van der Waals surface area contributed by atoms with E-state index in [0.29, 0.717) is 6.16 Å². The molecule has 0 aliphatic heterocycles. The Hall–Kier alpha value is -0.460. The van der Waals surface area contributed by atoms with Crippen LogP contribution in [0.15, 0.2) is 35.2 Å². The van der Waals surface area contributed by atoms with Gasteiger partial charge in [-0.15, -0.1) is 12.6 Å². The van der Waals surface area contributed by atoms with Crippen LogP contribution in [-0.4, -0.2) is 19.5 Å². The van der Waals surface area contributed by atoms with E-state index >= 15 is 0 Å². The first kappa shape index (κ1) is 11.6. The average molecular weight is 226 g/mol. The monoisotopic (exact) mass is 226 g/mol. The molecule has 0 radical (unpaired) electrons. The van der Waals surface area contributed by atoms with Gasteiger partial charge in [-0.05, 0) is 31.0 Å². The minimum atomic E-state index is -1.92. The molecular weight excluding hydrogens is 211 g/mol. The summed E-state index contributed by atoms with van der Waals surface area (Å²) < 4.78 is 11.4. The van der Waals surface area contributed by atoms with E-state index in [4.69, 9.17) is 0 Å². The molecule has 3 heteroatoms. The molecule has 0 fully saturated rings. The van der Waals surface area contributed by atoms with Crippen LogP contribution in [0.25, 0.3) is 6.08 Å².